The average molecular weight is 269 g/mol. The van der Waals surface area contributed by atoms with Gasteiger partial charge < -0.3 is 16.8 Å². The summed E-state index contributed by atoms with van der Waals surface area (Å²) in [4.78, 5) is 11.2. The van der Waals surface area contributed by atoms with Crippen LogP contribution in [0, 0.1) is 5.82 Å². The number of carbonyl (C=O) groups excluding carboxylic acids is 1. The topological polar surface area (TPSA) is 81.1 Å². The number of anilines is 2. The number of hydrogen-bond acceptors (Lipinski definition) is 4. The summed E-state index contributed by atoms with van der Waals surface area (Å²) in [5, 5.41) is 3.12. The zero-order chi connectivity index (χ0) is 13.1. The van der Waals surface area contributed by atoms with E-state index < -0.39 is 11.7 Å². The second kappa shape index (κ2) is 5.48. The molecule has 0 unspecified atom stereocenters. The smallest absolute Gasteiger partial charge is 0.250 e. The fraction of sp³-hybridized carbons (Fsp3) is 0.417. The van der Waals surface area contributed by atoms with Gasteiger partial charge in [-0.2, -0.15) is 11.8 Å². The summed E-state index contributed by atoms with van der Waals surface area (Å²) < 4.78 is 13.7. The number of benzene rings is 1. The van der Waals surface area contributed by atoms with Crippen molar-refractivity contribution < 1.29 is 9.18 Å². The molecule has 1 aromatic carbocycles. The van der Waals surface area contributed by atoms with Gasteiger partial charge in [0, 0.05) is 11.7 Å². The van der Waals surface area contributed by atoms with Crippen molar-refractivity contribution in [1.29, 1.82) is 0 Å². The van der Waals surface area contributed by atoms with Crippen molar-refractivity contribution >= 4 is 29.0 Å². The van der Waals surface area contributed by atoms with Crippen LogP contribution in [0.1, 0.15) is 23.2 Å². The van der Waals surface area contributed by atoms with Crippen LogP contribution in [0.4, 0.5) is 15.8 Å². The minimum Gasteiger partial charge on any atom is -0.398 e. The lowest BCUT2D eigenvalue weighted by molar-refractivity contribution is 0.100. The van der Waals surface area contributed by atoms with E-state index in [0.29, 0.717) is 5.69 Å². The lowest BCUT2D eigenvalue weighted by atomic mass is 10.1. The molecule has 1 aliphatic heterocycles. The van der Waals surface area contributed by atoms with Crippen molar-refractivity contribution in [1.82, 2.24) is 0 Å². The molecule has 1 amide bonds. The second-order valence-corrected chi connectivity index (χ2v) is 5.54. The third-order valence-corrected chi connectivity index (χ3v) is 4.03. The number of carbonyl (C=O) groups is 1. The van der Waals surface area contributed by atoms with Crippen molar-refractivity contribution in [2.45, 2.75) is 18.9 Å². The van der Waals surface area contributed by atoms with Crippen molar-refractivity contribution in [3.8, 4) is 0 Å². The van der Waals surface area contributed by atoms with E-state index in [4.69, 9.17) is 11.5 Å². The minimum absolute atomic E-state index is 0.0738. The van der Waals surface area contributed by atoms with Gasteiger partial charge in [0.1, 0.15) is 5.82 Å². The van der Waals surface area contributed by atoms with Crippen LogP contribution < -0.4 is 16.8 Å². The largest absolute Gasteiger partial charge is 0.398 e. The van der Waals surface area contributed by atoms with Crippen molar-refractivity contribution in [3.05, 3.63) is 23.5 Å². The van der Waals surface area contributed by atoms with Gasteiger partial charge in [0.15, 0.2) is 0 Å². The van der Waals surface area contributed by atoms with Crippen LogP contribution in [0.2, 0.25) is 0 Å². The molecule has 0 radical (unpaired) electrons. The number of nitrogen functional groups attached to an aromatic ring is 1. The number of thioether (sulfide) groups is 1. The monoisotopic (exact) mass is 269 g/mol. The van der Waals surface area contributed by atoms with E-state index in [1.54, 1.807) is 0 Å². The summed E-state index contributed by atoms with van der Waals surface area (Å²) in [7, 11) is 0. The number of rotatable bonds is 3. The molecule has 1 saturated heterocycles. The number of amides is 1. The molecule has 1 aliphatic rings. The number of nitrogens with two attached hydrogens (primary N) is 2. The summed E-state index contributed by atoms with van der Waals surface area (Å²) in [6.45, 7) is 0. The molecule has 4 nitrogen and oxygen atoms in total. The highest BCUT2D eigenvalue weighted by Gasteiger charge is 2.17. The molecule has 0 aliphatic carbocycles. The molecule has 1 fully saturated rings. The molecule has 2 rings (SSSR count). The Morgan fingerprint density at radius 2 is 2.06 bits per heavy atom. The minimum atomic E-state index is -0.644. The normalized spacial score (nSPS) is 16.5. The Kier molecular flexibility index (Phi) is 3.96. The van der Waals surface area contributed by atoms with E-state index >= 15 is 0 Å². The fourth-order valence-electron chi connectivity index (χ4n) is 1.97. The molecule has 1 heterocycles. The summed E-state index contributed by atoms with van der Waals surface area (Å²) in [5.74, 6) is 1.04. The van der Waals surface area contributed by atoms with Crippen LogP contribution in [0.3, 0.4) is 0 Å². The van der Waals surface area contributed by atoms with Gasteiger partial charge in [0.05, 0.1) is 11.3 Å². The highest BCUT2D eigenvalue weighted by atomic mass is 32.2. The summed E-state index contributed by atoms with van der Waals surface area (Å²) >= 11 is 1.90. The van der Waals surface area contributed by atoms with E-state index in [1.807, 2.05) is 11.8 Å². The zero-order valence-corrected chi connectivity index (χ0v) is 10.7. The lowest BCUT2D eigenvalue weighted by Gasteiger charge is -2.24. The fourth-order valence-corrected chi connectivity index (χ4v) is 3.08. The summed E-state index contributed by atoms with van der Waals surface area (Å²) in [6, 6.07) is 2.78. The zero-order valence-electron chi connectivity index (χ0n) is 9.91. The van der Waals surface area contributed by atoms with Gasteiger partial charge in [-0.25, -0.2) is 4.39 Å². The second-order valence-electron chi connectivity index (χ2n) is 4.31. The van der Waals surface area contributed by atoms with Crippen LogP contribution in [0.5, 0.6) is 0 Å². The Hall–Kier alpha value is -1.43. The van der Waals surface area contributed by atoms with Crippen LogP contribution in [-0.4, -0.2) is 23.5 Å². The van der Waals surface area contributed by atoms with Crippen molar-refractivity contribution in [3.63, 3.8) is 0 Å². The van der Waals surface area contributed by atoms with E-state index in [-0.39, 0.29) is 17.3 Å². The van der Waals surface area contributed by atoms with E-state index in [2.05, 4.69) is 5.32 Å². The standard InChI is InChI=1S/C12H16FN3OS/c13-9-6-10(14)8(12(15)17)5-11(9)16-7-1-3-18-4-2-7/h5-7,16H,1-4,14H2,(H2,15,17). The highest BCUT2D eigenvalue weighted by Crippen LogP contribution is 2.26. The number of halogens is 1. The molecule has 0 atom stereocenters. The SMILES string of the molecule is NC(=O)c1cc(NC2CCSCC2)c(F)cc1N. The Bertz CT molecular complexity index is 461. The Morgan fingerprint density at radius 3 is 2.67 bits per heavy atom. The first kappa shape index (κ1) is 13.0. The number of hydrogen-bond donors (Lipinski definition) is 3. The van der Waals surface area contributed by atoms with Gasteiger partial charge in [-0.15, -0.1) is 0 Å². The van der Waals surface area contributed by atoms with Crippen LogP contribution in [-0.2, 0) is 0 Å². The Labute approximate surface area is 109 Å². The molecule has 6 heteroatoms. The van der Waals surface area contributed by atoms with Gasteiger partial charge >= 0.3 is 0 Å². The van der Waals surface area contributed by atoms with Crippen LogP contribution in [0.15, 0.2) is 12.1 Å². The maximum atomic E-state index is 13.7. The molecular formula is C12H16FN3OS. The van der Waals surface area contributed by atoms with Crippen LogP contribution in [0.25, 0.3) is 0 Å². The average Bonchev–Trinajstić information content (AvgIpc) is 2.33. The molecular weight excluding hydrogens is 253 g/mol. The molecule has 0 spiro atoms. The number of nitrogens with one attached hydrogen (secondary N) is 1. The molecule has 18 heavy (non-hydrogen) atoms. The first-order valence-electron chi connectivity index (χ1n) is 5.81. The van der Waals surface area contributed by atoms with Crippen molar-refractivity contribution in [2.24, 2.45) is 5.73 Å². The van der Waals surface area contributed by atoms with Crippen molar-refractivity contribution in [2.75, 3.05) is 22.6 Å². The summed E-state index contributed by atoms with van der Waals surface area (Å²) in [5.41, 5.74) is 11.3. The maximum Gasteiger partial charge on any atom is 0.250 e. The highest BCUT2D eigenvalue weighted by molar-refractivity contribution is 7.99. The van der Waals surface area contributed by atoms with Crippen LogP contribution >= 0.6 is 11.8 Å². The van der Waals surface area contributed by atoms with Gasteiger partial charge in [-0.1, -0.05) is 0 Å². The maximum absolute atomic E-state index is 13.7. The predicted molar refractivity (Wildman–Crippen MR) is 73.3 cm³/mol. The molecule has 0 bridgehead atoms. The predicted octanol–water partition coefficient (Wildman–Crippen LogP) is 1.81. The van der Waals surface area contributed by atoms with Gasteiger partial charge in [-0.3, -0.25) is 4.79 Å². The van der Waals surface area contributed by atoms with E-state index in [9.17, 15) is 9.18 Å². The molecule has 98 valence electrons. The first-order valence-corrected chi connectivity index (χ1v) is 6.96. The Balaban J connectivity index is 2.21. The molecule has 0 saturated carbocycles. The lowest BCUT2D eigenvalue weighted by Crippen LogP contribution is -2.25. The van der Waals surface area contributed by atoms with Gasteiger partial charge in [0.25, 0.3) is 5.91 Å². The van der Waals surface area contributed by atoms with E-state index in [0.717, 1.165) is 30.4 Å². The number of primary amides is 1. The molecule has 1 aromatic rings. The molecule has 0 aromatic heterocycles. The van der Waals surface area contributed by atoms with E-state index in [1.165, 1.54) is 6.07 Å². The summed E-state index contributed by atoms with van der Waals surface area (Å²) in [6.07, 6.45) is 1.97. The third-order valence-electron chi connectivity index (χ3n) is 2.99. The van der Waals surface area contributed by atoms with Gasteiger partial charge in [-0.05, 0) is 36.5 Å². The Morgan fingerprint density at radius 1 is 1.39 bits per heavy atom. The quantitative estimate of drug-likeness (QED) is 0.731. The first-order chi connectivity index (χ1) is 8.58. The van der Waals surface area contributed by atoms with Gasteiger partial charge in [0.2, 0.25) is 0 Å². The molecule has 5 N–H and O–H groups in total. The third kappa shape index (κ3) is 2.87.